The van der Waals surface area contributed by atoms with Crippen molar-refractivity contribution in [3.05, 3.63) is 85.5 Å². The third-order valence-electron chi connectivity index (χ3n) is 6.04. The monoisotopic (exact) mass is 449 g/mol. The van der Waals surface area contributed by atoms with Crippen molar-refractivity contribution in [1.29, 1.82) is 0 Å². The summed E-state index contributed by atoms with van der Waals surface area (Å²) in [5, 5.41) is 0.611. The van der Waals surface area contributed by atoms with Gasteiger partial charge in [0.05, 0.1) is 6.54 Å². The van der Waals surface area contributed by atoms with Crippen LogP contribution in [0.25, 0.3) is 11.2 Å². The number of anilines is 2. The Morgan fingerprint density at radius 2 is 1.72 bits per heavy atom. The van der Waals surface area contributed by atoms with E-state index in [4.69, 9.17) is 16.6 Å². The summed E-state index contributed by atoms with van der Waals surface area (Å²) >= 11 is 5.98. The molecule has 4 aromatic rings. The first-order valence-corrected chi connectivity index (χ1v) is 11.0. The summed E-state index contributed by atoms with van der Waals surface area (Å²) in [6, 6.07) is 15.4. The van der Waals surface area contributed by atoms with Crippen LogP contribution >= 0.6 is 11.6 Å². The quantitative estimate of drug-likeness (QED) is 0.478. The van der Waals surface area contributed by atoms with Crippen molar-refractivity contribution in [2.75, 3.05) is 11.4 Å². The predicted molar refractivity (Wildman–Crippen MR) is 127 cm³/mol. The van der Waals surface area contributed by atoms with Gasteiger partial charge in [-0.25, -0.2) is 4.79 Å². The fourth-order valence-corrected chi connectivity index (χ4v) is 4.49. The van der Waals surface area contributed by atoms with Crippen LogP contribution in [0.4, 0.5) is 11.6 Å². The Morgan fingerprint density at radius 3 is 2.41 bits per heavy atom. The van der Waals surface area contributed by atoms with Crippen LogP contribution < -0.4 is 16.1 Å². The molecule has 2 aromatic carbocycles. The first-order chi connectivity index (χ1) is 15.3. The minimum absolute atomic E-state index is 0.177. The number of nitrogens with zero attached hydrogens (tertiary/aromatic N) is 5. The SMILES string of the molecule is Cc1ccc(N2C[C@H](C)Cn3c2nc2c3c(=O)n(Cc3ccc(Cl)cc3)c(=O)n2C)cc1. The van der Waals surface area contributed by atoms with Crippen LogP contribution in [-0.2, 0) is 20.1 Å². The van der Waals surface area contributed by atoms with Crippen LogP contribution in [0.5, 0.6) is 0 Å². The summed E-state index contributed by atoms with van der Waals surface area (Å²) in [5.41, 5.74) is 3.19. The van der Waals surface area contributed by atoms with Crippen molar-refractivity contribution < 1.29 is 0 Å². The summed E-state index contributed by atoms with van der Waals surface area (Å²) in [5.74, 6) is 1.00. The number of hydrogen-bond acceptors (Lipinski definition) is 4. The fourth-order valence-electron chi connectivity index (χ4n) is 4.36. The van der Waals surface area contributed by atoms with Gasteiger partial charge in [0.25, 0.3) is 5.56 Å². The Labute approximate surface area is 190 Å². The molecule has 8 heteroatoms. The maximum Gasteiger partial charge on any atom is 0.332 e. The molecule has 0 aliphatic carbocycles. The van der Waals surface area contributed by atoms with Crippen molar-refractivity contribution in [2.24, 2.45) is 13.0 Å². The summed E-state index contributed by atoms with van der Waals surface area (Å²) in [4.78, 5) is 33.5. The second-order valence-electron chi connectivity index (χ2n) is 8.61. The molecule has 0 amide bonds. The highest BCUT2D eigenvalue weighted by atomic mass is 35.5. The normalized spacial score (nSPS) is 15.9. The molecule has 0 unspecified atom stereocenters. The van der Waals surface area contributed by atoms with Gasteiger partial charge in [-0.2, -0.15) is 4.98 Å². The molecule has 1 aliphatic heterocycles. The number of rotatable bonds is 3. The second-order valence-corrected chi connectivity index (χ2v) is 9.04. The number of fused-ring (bicyclic) bond motifs is 3. The van der Waals surface area contributed by atoms with E-state index in [1.54, 1.807) is 19.2 Å². The van der Waals surface area contributed by atoms with Crippen LogP contribution in [0.3, 0.4) is 0 Å². The molecule has 5 rings (SSSR count). The Morgan fingerprint density at radius 1 is 1.03 bits per heavy atom. The van der Waals surface area contributed by atoms with E-state index in [-0.39, 0.29) is 17.8 Å². The van der Waals surface area contributed by atoms with Crippen LogP contribution in [0.1, 0.15) is 18.1 Å². The van der Waals surface area contributed by atoms with E-state index in [1.165, 1.54) is 14.7 Å². The summed E-state index contributed by atoms with van der Waals surface area (Å²) in [6.45, 7) is 5.85. The molecule has 2 aromatic heterocycles. The first-order valence-electron chi connectivity index (χ1n) is 10.6. The second kappa shape index (κ2) is 7.67. The molecule has 164 valence electrons. The van der Waals surface area contributed by atoms with E-state index in [0.717, 1.165) is 17.8 Å². The Hall–Kier alpha value is -3.32. The third-order valence-corrected chi connectivity index (χ3v) is 6.29. The molecule has 0 radical (unpaired) electrons. The van der Waals surface area contributed by atoms with Gasteiger partial charge in [-0.3, -0.25) is 13.9 Å². The van der Waals surface area contributed by atoms with E-state index >= 15 is 0 Å². The third kappa shape index (κ3) is 3.33. The van der Waals surface area contributed by atoms with Gasteiger partial charge in [0.2, 0.25) is 5.95 Å². The van der Waals surface area contributed by atoms with Crippen molar-refractivity contribution in [1.82, 2.24) is 18.7 Å². The highest BCUT2D eigenvalue weighted by Gasteiger charge is 2.29. The predicted octanol–water partition coefficient (Wildman–Crippen LogP) is 3.69. The highest BCUT2D eigenvalue weighted by molar-refractivity contribution is 6.30. The Kier molecular flexibility index (Phi) is 4.93. The van der Waals surface area contributed by atoms with Crippen LogP contribution in [0.2, 0.25) is 5.02 Å². The van der Waals surface area contributed by atoms with E-state index in [9.17, 15) is 9.59 Å². The Bertz CT molecular complexity index is 1430. The van der Waals surface area contributed by atoms with Crippen molar-refractivity contribution in [3.8, 4) is 0 Å². The number of benzene rings is 2. The molecule has 3 heterocycles. The van der Waals surface area contributed by atoms with Gasteiger partial charge in [-0.05, 0) is 42.7 Å². The summed E-state index contributed by atoms with van der Waals surface area (Å²) in [6.07, 6.45) is 0. The molecule has 0 saturated carbocycles. The zero-order chi connectivity index (χ0) is 22.6. The standard InChI is InChI=1S/C24H24ClN5O2/c1-15-4-10-19(11-5-15)28-12-16(2)13-29-20-21(26-23(28)29)27(3)24(32)30(22(20)31)14-17-6-8-18(25)9-7-17/h4-11,16H,12-14H2,1-3H3/t16-/m0/s1. The Balaban J connectivity index is 1.70. The van der Waals surface area contributed by atoms with Gasteiger partial charge in [0.15, 0.2) is 11.2 Å². The number of hydrogen-bond donors (Lipinski definition) is 0. The van der Waals surface area contributed by atoms with Gasteiger partial charge < -0.3 is 9.47 Å². The molecular formula is C24H24ClN5O2. The molecule has 1 atom stereocenters. The van der Waals surface area contributed by atoms with Crippen LogP contribution in [-0.4, -0.2) is 25.2 Å². The average molecular weight is 450 g/mol. The lowest BCUT2D eigenvalue weighted by atomic mass is 10.1. The minimum atomic E-state index is -0.386. The molecule has 0 N–H and O–H groups in total. The molecular weight excluding hydrogens is 426 g/mol. The average Bonchev–Trinajstić information content (AvgIpc) is 3.16. The topological polar surface area (TPSA) is 65.1 Å². The number of aromatic nitrogens is 4. The maximum atomic E-state index is 13.5. The maximum absolute atomic E-state index is 13.5. The number of aryl methyl sites for hydroxylation is 2. The summed E-state index contributed by atoms with van der Waals surface area (Å²) in [7, 11) is 1.67. The van der Waals surface area contributed by atoms with E-state index < -0.39 is 0 Å². The number of halogens is 1. The highest BCUT2D eigenvalue weighted by Crippen LogP contribution is 2.32. The van der Waals surface area contributed by atoms with Crippen molar-refractivity contribution >= 4 is 34.4 Å². The number of imidazole rings is 1. The van der Waals surface area contributed by atoms with Gasteiger partial charge in [0, 0.05) is 30.8 Å². The van der Waals surface area contributed by atoms with E-state index in [2.05, 4.69) is 43.0 Å². The molecule has 32 heavy (non-hydrogen) atoms. The summed E-state index contributed by atoms with van der Waals surface area (Å²) < 4.78 is 4.70. The minimum Gasteiger partial charge on any atom is -0.312 e. The molecule has 7 nitrogen and oxygen atoms in total. The van der Waals surface area contributed by atoms with Crippen molar-refractivity contribution in [3.63, 3.8) is 0 Å². The largest absolute Gasteiger partial charge is 0.332 e. The van der Waals surface area contributed by atoms with Crippen LogP contribution in [0, 0.1) is 12.8 Å². The molecule has 0 fully saturated rings. The van der Waals surface area contributed by atoms with E-state index in [1.807, 2.05) is 16.7 Å². The van der Waals surface area contributed by atoms with Gasteiger partial charge in [-0.1, -0.05) is 48.4 Å². The fraction of sp³-hybridized carbons (Fsp3) is 0.292. The van der Waals surface area contributed by atoms with E-state index in [0.29, 0.717) is 34.6 Å². The zero-order valence-electron chi connectivity index (χ0n) is 18.2. The van der Waals surface area contributed by atoms with Crippen molar-refractivity contribution in [2.45, 2.75) is 26.9 Å². The van der Waals surface area contributed by atoms with Gasteiger partial charge >= 0.3 is 5.69 Å². The molecule has 0 bridgehead atoms. The van der Waals surface area contributed by atoms with Crippen LogP contribution in [0.15, 0.2) is 58.1 Å². The lowest BCUT2D eigenvalue weighted by molar-refractivity contribution is 0.458. The smallest absolute Gasteiger partial charge is 0.312 e. The molecule has 0 spiro atoms. The molecule has 0 saturated heterocycles. The lowest BCUT2D eigenvalue weighted by Gasteiger charge is -2.33. The van der Waals surface area contributed by atoms with Gasteiger partial charge in [0.1, 0.15) is 0 Å². The molecule has 1 aliphatic rings. The lowest BCUT2D eigenvalue weighted by Crippen LogP contribution is -2.40. The van der Waals surface area contributed by atoms with Gasteiger partial charge in [-0.15, -0.1) is 0 Å². The first kappa shape index (κ1) is 20.6. The zero-order valence-corrected chi connectivity index (χ0v) is 19.0.